The van der Waals surface area contributed by atoms with Gasteiger partial charge in [-0.3, -0.25) is 4.79 Å². The van der Waals surface area contributed by atoms with Crippen LogP contribution in [0.4, 0.5) is 4.39 Å². The van der Waals surface area contributed by atoms with Crippen LogP contribution in [0.15, 0.2) is 78.9 Å². The second-order valence-electron chi connectivity index (χ2n) is 7.88. The zero-order valence-electron chi connectivity index (χ0n) is 18.1. The average molecular weight is 469 g/mol. The molecule has 3 aromatic carbocycles. The summed E-state index contributed by atoms with van der Waals surface area (Å²) < 4.78 is 45.7. The van der Waals surface area contributed by atoms with Gasteiger partial charge in [0.15, 0.2) is 0 Å². The summed E-state index contributed by atoms with van der Waals surface area (Å²) in [7, 11) is -3.44. The molecule has 0 bridgehead atoms. The van der Waals surface area contributed by atoms with Crippen LogP contribution in [-0.4, -0.2) is 49.7 Å². The molecule has 1 aliphatic heterocycles. The third kappa shape index (κ3) is 5.97. The first-order chi connectivity index (χ1) is 15.9. The number of rotatable bonds is 7. The lowest BCUT2D eigenvalue weighted by atomic mass is 10.1. The number of carbonyl (C=O) groups is 1. The van der Waals surface area contributed by atoms with Crippen molar-refractivity contribution >= 4 is 15.9 Å². The van der Waals surface area contributed by atoms with E-state index in [4.69, 9.17) is 4.74 Å². The predicted molar refractivity (Wildman–Crippen MR) is 124 cm³/mol. The molecule has 0 N–H and O–H groups in total. The Morgan fingerprint density at radius 3 is 2.24 bits per heavy atom. The highest BCUT2D eigenvalue weighted by molar-refractivity contribution is 7.88. The second-order valence-corrected chi connectivity index (χ2v) is 9.84. The number of hydrogen-bond donors (Lipinski definition) is 0. The molecule has 172 valence electrons. The summed E-state index contributed by atoms with van der Waals surface area (Å²) in [4.78, 5) is 14.6. The standard InChI is InChI=1S/C25H25FN2O4S/c26-23-11-9-20(10-12-23)18-32-24-8-4-7-22(17-24)25(29)27-13-15-28(16-14-27)33(30,31)19-21-5-2-1-3-6-21/h1-12,17H,13-16,18-19H2. The van der Waals surface area contributed by atoms with Crippen LogP contribution in [0, 0.1) is 5.82 Å². The number of sulfonamides is 1. The van der Waals surface area contributed by atoms with E-state index in [0.29, 0.717) is 24.4 Å². The topological polar surface area (TPSA) is 66.9 Å². The molecule has 4 rings (SSSR count). The predicted octanol–water partition coefficient (Wildman–Crippen LogP) is 3.69. The third-order valence-corrected chi connectivity index (χ3v) is 7.36. The molecule has 8 heteroatoms. The van der Waals surface area contributed by atoms with Crippen LogP contribution in [-0.2, 0) is 22.4 Å². The molecular formula is C25H25FN2O4S. The van der Waals surface area contributed by atoms with Crippen LogP contribution in [0.25, 0.3) is 0 Å². The molecular weight excluding hydrogens is 443 g/mol. The van der Waals surface area contributed by atoms with E-state index in [0.717, 1.165) is 11.1 Å². The Bertz CT molecular complexity index is 1190. The summed E-state index contributed by atoms with van der Waals surface area (Å²) in [6.07, 6.45) is 0. The number of hydrogen-bond acceptors (Lipinski definition) is 4. The van der Waals surface area contributed by atoms with Gasteiger partial charge < -0.3 is 9.64 Å². The van der Waals surface area contributed by atoms with Gasteiger partial charge in [0.05, 0.1) is 5.75 Å². The Hall–Kier alpha value is -3.23. The Morgan fingerprint density at radius 2 is 1.55 bits per heavy atom. The summed E-state index contributed by atoms with van der Waals surface area (Å²) in [5, 5.41) is 0. The van der Waals surface area contributed by atoms with Crippen molar-refractivity contribution < 1.29 is 22.3 Å². The van der Waals surface area contributed by atoms with E-state index < -0.39 is 10.0 Å². The zero-order chi connectivity index (χ0) is 23.3. The molecule has 1 fully saturated rings. The summed E-state index contributed by atoms with van der Waals surface area (Å²) in [5.74, 6) is 0.0192. The maximum absolute atomic E-state index is 13.0. The second kappa shape index (κ2) is 10.1. The highest BCUT2D eigenvalue weighted by atomic mass is 32.2. The van der Waals surface area contributed by atoms with Crippen LogP contribution in [0.3, 0.4) is 0 Å². The van der Waals surface area contributed by atoms with Gasteiger partial charge in [0, 0.05) is 31.7 Å². The SMILES string of the molecule is O=C(c1cccc(OCc2ccc(F)cc2)c1)N1CCN(S(=O)(=O)Cc2ccccc2)CC1. The molecule has 3 aromatic rings. The molecule has 0 unspecified atom stereocenters. The number of halogens is 1. The lowest BCUT2D eigenvalue weighted by Crippen LogP contribution is -2.50. The summed E-state index contributed by atoms with van der Waals surface area (Å²) in [5.41, 5.74) is 2.04. The fraction of sp³-hybridized carbons (Fsp3) is 0.240. The van der Waals surface area contributed by atoms with Gasteiger partial charge in [0.2, 0.25) is 10.0 Å². The van der Waals surface area contributed by atoms with E-state index in [9.17, 15) is 17.6 Å². The van der Waals surface area contributed by atoms with Crippen molar-refractivity contribution in [3.63, 3.8) is 0 Å². The molecule has 33 heavy (non-hydrogen) atoms. The molecule has 0 saturated carbocycles. The minimum Gasteiger partial charge on any atom is -0.489 e. The smallest absolute Gasteiger partial charge is 0.254 e. The number of ether oxygens (including phenoxy) is 1. The van der Waals surface area contributed by atoms with E-state index in [1.165, 1.54) is 16.4 Å². The number of amides is 1. The molecule has 1 heterocycles. The molecule has 1 aliphatic rings. The fourth-order valence-electron chi connectivity index (χ4n) is 3.69. The van der Waals surface area contributed by atoms with Crippen molar-refractivity contribution in [3.05, 3.63) is 101 Å². The van der Waals surface area contributed by atoms with Crippen LogP contribution in [0.1, 0.15) is 21.5 Å². The number of benzene rings is 3. The van der Waals surface area contributed by atoms with Gasteiger partial charge in [-0.15, -0.1) is 0 Å². The monoisotopic (exact) mass is 468 g/mol. The first-order valence-electron chi connectivity index (χ1n) is 10.7. The first-order valence-corrected chi connectivity index (χ1v) is 12.3. The van der Waals surface area contributed by atoms with Crippen molar-refractivity contribution in [1.29, 1.82) is 0 Å². The zero-order valence-corrected chi connectivity index (χ0v) is 18.9. The lowest BCUT2D eigenvalue weighted by molar-refractivity contribution is 0.0697. The van der Waals surface area contributed by atoms with Gasteiger partial charge in [-0.1, -0.05) is 48.5 Å². The number of carbonyl (C=O) groups excluding carboxylic acids is 1. The van der Waals surface area contributed by atoms with Gasteiger partial charge in [0.25, 0.3) is 5.91 Å². The molecule has 0 aliphatic carbocycles. The minimum atomic E-state index is -3.44. The minimum absolute atomic E-state index is 0.0464. The van der Waals surface area contributed by atoms with E-state index in [-0.39, 0.29) is 37.2 Å². The van der Waals surface area contributed by atoms with Gasteiger partial charge >= 0.3 is 0 Å². The number of nitrogens with zero attached hydrogens (tertiary/aromatic N) is 2. The summed E-state index contributed by atoms with van der Waals surface area (Å²) >= 11 is 0. The maximum atomic E-state index is 13.0. The Morgan fingerprint density at radius 1 is 0.848 bits per heavy atom. The van der Waals surface area contributed by atoms with Gasteiger partial charge in [-0.05, 0) is 41.5 Å². The van der Waals surface area contributed by atoms with Crippen molar-refractivity contribution in [1.82, 2.24) is 9.21 Å². The largest absolute Gasteiger partial charge is 0.489 e. The Labute approximate surface area is 193 Å². The average Bonchev–Trinajstić information content (AvgIpc) is 2.84. The van der Waals surface area contributed by atoms with E-state index in [2.05, 4.69) is 0 Å². The van der Waals surface area contributed by atoms with Crippen molar-refractivity contribution in [2.75, 3.05) is 26.2 Å². The van der Waals surface area contributed by atoms with Crippen LogP contribution in [0.2, 0.25) is 0 Å². The van der Waals surface area contributed by atoms with Crippen LogP contribution in [0.5, 0.6) is 5.75 Å². The molecule has 6 nitrogen and oxygen atoms in total. The Kier molecular flexibility index (Phi) is 7.05. The highest BCUT2D eigenvalue weighted by Gasteiger charge is 2.29. The molecule has 1 amide bonds. The summed E-state index contributed by atoms with van der Waals surface area (Å²) in [6, 6.07) is 22.0. The van der Waals surface area contributed by atoms with E-state index >= 15 is 0 Å². The van der Waals surface area contributed by atoms with Crippen molar-refractivity contribution in [2.45, 2.75) is 12.4 Å². The molecule has 1 saturated heterocycles. The van der Waals surface area contributed by atoms with Gasteiger partial charge in [-0.2, -0.15) is 4.31 Å². The lowest BCUT2D eigenvalue weighted by Gasteiger charge is -2.34. The van der Waals surface area contributed by atoms with E-state index in [1.54, 1.807) is 53.4 Å². The summed E-state index contributed by atoms with van der Waals surface area (Å²) in [6.45, 7) is 1.44. The third-order valence-electron chi connectivity index (χ3n) is 5.51. The highest BCUT2D eigenvalue weighted by Crippen LogP contribution is 2.19. The Balaban J connectivity index is 1.33. The van der Waals surface area contributed by atoms with Crippen LogP contribution >= 0.6 is 0 Å². The van der Waals surface area contributed by atoms with Crippen molar-refractivity contribution in [2.24, 2.45) is 0 Å². The molecule has 0 spiro atoms. The molecule has 0 atom stereocenters. The maximum Gasteiger partial charge on any atom is 0.254 e. The van der Waals surface area contributed by atoms with Gasteiger partial charge in [-0.25, -0.2) is 12.8 Å². The van der Waals surface area contributed by atoms with Crippen LogP contribution < -0.4 is 4.74 Å². The fourth-order valence-corrected chi connectivity index (χ4v) is 5.21. The first kappa shape index (κ1) is 22.9. The van der Waals surface area contributed by atoms with E-state index in [1.807, 2.05) is 18.2 Å². The van der Waals surface area contributed by atoms with Gasteiger partial charge in [0.1, 0.15) is 18.2 Å². The molecule has 0 aromatic heterocycles. The quantitative estimate of drug-likeness (QED) is 0.531. The number of piperazine rings is 1. The normalized spacial score (nSPS) is 14.8. The van der Waals surface area contributed by atoms with Crippen molar-refractivity contribution in [3.8, 4) is 5.75 Å². The molecule has 0 radical (unpaired) electrons.